The molecule has 39 heavy (non-hydrogen) atoms. The molecular weight excluding hydrogens is 496 g/mol. The molecule has 1 saturated carbocycles. The lowest BCUT2D eigenvalue weighted by Crippen LogP contribution is -2.48. The second-order valence-electron chi connectivity index (χ2n) is 9.95. The van der Waals surface area contributed by atoms with Gasteiger partial charge in [0.15, 0.2) is 5.78 Å². The minimum Gasteiger partial charge on any atom is -0.496 e. The van der Waals surface area contributed by atoms with E-state index in [0.29, 0.717) is 29.2 Å². The number of hydrogen-bond acceptors (Lipinski definition) is 8. The molecule has 0 bridgehead atoms. The van der Waals surface area contributed by atoms with Gasteiger partial charge in [-0.1, -0.05) is 30.3 Å². The van der Waals surface area contributed by atoms with Gasteiger partial charge in [-0.15, -0.1) is 0 Å². The Morgan fingerprint density at radius 2 is 1.64 bits per heavy atom. The summed E-state index contributed by atoms with van der Waals surface area (Å²) in [6.45, 7) is 5.58. The first-order valence-corrected chi connectivity index (χ1v) is 13.3. The second-order valence-corrected chi connectivity index (χ2v) is 9.95. The summed E-state index contributed by atoms with van der Waals surface area (Å²) in [4.78, 5) is 47.9. The van der Waals surface area contributed by atoms with Gasteiger partial charge in [-0.05, 0) is 56.5 Å². The van der Waals surface area contributed by atoms with Crippen LogP contribution in [0.3, 0.4) is 0 Å². The largest absolute Gasteiger partial charge is 0.496 e. The zero-order chi connectivity index (χ0) is 28.3. The van der Waals surface area contributed by atoms with Crippen LogP contribution < -0.4 is 9.64 Å². The van der Waals surface area contributed by atoms with Gasteiger partial charge in [0.05, 0.1) is 31.8 Å². The van der Waals surface area contributed by atoms with Gasteiger partial charge in [0.1, 0.15) is 11.7 Å². The highest BCUT2D eigenvalue weighted by Crippen LogP contribution is 2.49. The Kier molecular flexibility index (Phi) is 8.53. The molecule has 1 unspecified atom stereocenters. The minimum atomic E-state index is -1.07. The van der Waals surface area contributed by atoms with Crippen LogP contribution in [0.15, 0.2) is 64.8 Å². The van der Waals surface area contributed by atoms with Crippen molar-refractivity contribution in [3.05, 3.63) is 70.9 Å². The molecule has 1 aliphatic heterocycles. The van der Waals surface area contributed by atoms with Gasteiger partial charge in [0.2, 0.25) is 0 Å². The van der Waals surface area contributed by atoms with Crippen molar-refractivity contribution < 1.29 is 28.6 Å². The smallest absolute Gasteiger partial charge is 0.336 e. The summed E-state index contributed by atoms with van der Waals surface area (Å²) in [5.74, 6) is -3.85. The zero-order valence-corrected chi connectivity index (χ0v) is 23.4. The number of Topliss-reactive ketones (excluding diaryl/α,β-unsaturated/α-hetero) is 1. The fraction of sp³-hybridized carbons (Fsp3) is 0.419. The number of hydrogen-bond donors (Lipinski definition) is 0. The van der Waals surface area contributed by atoms with Crippen LogP contribution in [0.25, 0.3) is 0 Å². The van der Waals surface area contributed by atoms with E-state index >= 15 is 0 Å². The number of carbonyl (C=O) groups is 3. The van der Waals surface area contributed by atoms with Gasteiger partial charge in [-0.25, -0.2) is 4.79 Å². The number of esters is 2. The van der Waals surface area contributed by atoms with Crippen molar-refractivity contribution in [1.82, 2.24) is 0 Å². The van der Waals surface area contributed by atoms with Gasteiger partial charge in [0, 0.05) is 43.0 Å². The Bertz CT molecular complexity index is 1310. The number of carbonyl (C=O) groups excluding carboxylic acids is 3. The highest BCUT2D eigenvalue weighted by molar-refractivity contribution is 6.18. The highest BCUT2D eigenvalue weighted by atomic mass is 16.5. The SMILES string of the molecule is CCOC(=O)C1=C(C)N=C2C[C@H](c3ccccc3OC)[C@H](C(=O)OCC)C(=O)C2[C@@H]1c1ccc(N(C)C)cc1. The van der Waals surface area contributed by atoms with Gasteiger partial charge in [0.25, 0.3) is 0 Å². The Morgan fingerprint density at radius 1 is 0.974 bits per heavy atom. The zero-order valence-electron chi connectivity index (χ0n) is 23.4. The normalized spacial score (nSPS) is 22.5. The van der Waals surface area contributed by atoms with E-state index in [0.717, 1.165) is 16.8 Å². The van der Waals surface area contributed by atoms with Gasteiger partial charge < -0.3 is 19.1 Å². The van der Waals surface area contributed by atoms with Crippen LogP contribution in [0, 0.1) is 11.8 Å². The van der Waals surface area contributed by atoms with Gasteiger partial charge >= 0.3 is 11.9 Å². The monoisotopic (exact) mass is 532 g/mol. The summed E-state index contributed by atoms with van der Waals surface area (Å²) in [5, 5.41) is 0. The molecule has 8 heteroatoms. The number of methoxy groups -OCH3 is 1. The first kappa shape index (κ1) is 28.1. The van der Waals surface area contributed by atoms with Crippen molar-refractivity contribution >= 4 is 29.1 Å². The third-order valence-electron chi connectivity index (χ3n) is 7.49. The summed E-state index contributed by atoms with van der Waals surface area (Å²) in [6, 6.07) is 15.1. The van der Waals surface area contributed by atoms with E-state index in [1.807, 2.05) is 67.5 Å². The lowest BCUT2D eigenvalue weighted by Gasteiger charge is -2.41. The highest BCUT2D eigenvalue weighted by Gasteiger charge is 2.53. The van der Waals surface area contributed by atoms with Gasteiger partial charge in [-0.2, -0.15) is 0 Å². The molecule has 2 aliphatic rings. The van der Waals surface area contributed by atoms with E-state index in [9.17, 15) is 14.4 Å². The average Bonchev–Trinajstić information content (AvgIpc) is 2.92. The molecule has 0 amide bonds. The standard InChI is InChI=1S/C31H36N2O6/c1-7-38-30(35)25-18(3)32-23-17-22(21-11-9-10-12-24(21)37-6)27(31(36)39-8-2)29(34)28(23)26(25)19-13-15-20(16-14-19)33(4)5/h9-16,22,26-28H,7-8,17H2,1-6H3/t22-,26-,27+,28?/m1/s1. The maximum absolute atomic E-state index is 14.4. The third-order valence-corrected chi connectivity index (χ3v) is 7.49. The number of ether oxygens (including phenoxy) is 3. The summed E-state index contributed by atoms with van der Waals surface area (Å²) >= 11 is 0. The molecule has 4 atom stereocenters. The topological polar surface area (TPSA) is 94.5 Å². The third kappa shape index (κ3) is 5.33. The van der Waals surface area contributed by atoms with Crippen LogP contribution in [0.1, 0.15) is 50.2 Å². The van der Waals surface area contributed by atoms with E-state index in [1.165, 1.54) is 0 Å². The number of aliphatic imine (C=N–C) groups is 1. The lowest BCUT2D eigenvalue weighted by molar-refractivity contribution is -0.153. The molecule has 0 saturated heterocycles. The van der Waals surface area contributed by atoms with Crippen molar-refractivity contribution in [2.75, 3.05) is 39.3 Å². The molecule has 1 aliphatic carbocycles. The molecule has 2 aromatic carbocycles. The predicted octanol–water partition coefficient (Wildman–Crippen LogP) is 4.69. The number of rotatable bonds is 8. The molecule has 8 nitrogen and oxygen atoms in total. The molecule has 0 N–H and O–H groups in total. The van der Waals surface area contributed by atoms with Crippen molar-refractivity contribution in [3.63, 3.8) is 0 Å². The number of anilines is 1. The molecule has 0 spiro atoms. The number of benzene rings is 2. The number of para-hydroxylation sites is 1. The summed E-state index contributed by atoms with van der Waals surface area (Å²) in [6.07, 6.45) is 0.347. The number of ketones is 1. The van der Waals surface area contributed by atoms with E-state index < -0.39 is 35.6 Å². The van der Waals surface area contributed by atoms with Crippen LogP contribution in [0.5, 0.6) is 5.75 Å². The molecule has 1 fully saturated rings. The lowest BCUT2D eigenvalue weighted by atomic mass is 9.62. The van der Waals surface area contributed by atoms with Crippen LogP contribution in [-0.4, -0.2) is 57.9 Å². The maximum Gasteiger partial charge on any atom is 0.336 e. The Morgan fingerprint density at radius 3 is 2.26 bits per heavy atom. The van der Waals surface area contributed by atoms with Crippen molar-refractivity contribution in [3.8, 4) is 5.75 Å². The molecule has 4 rings (SSSR count). The average molecular weight is 533 g/mol. The van der Waals surface area contributed by atoms with E-state index in [2.05, 4.69) is 0 Å². The number of fused-ring (bicyclic) bond motifs is 1. The Balaban J connectivity index is 1.90. The number of allylic oxidation sites excluding steroid dienone is 1. The first-order valence-electron chi connectivity index (χ1n) is 13.3. The Labute approximate surface area is 229 Å². The fourth-order valence-corrected chi connectivity index (χ4v) is 5.76. The van der Waals surface area contributed by atoms with Crippen LogP contribution in [-0.2, 0) is 23.9 Å². The van der Waals surface area contributed by atoms with E-state index in [-0.39, 0.29) is 19.0 Å². The molecule has 1 heterocycles. The maximum atomic E-state index is 14.4. The molecule has 0 radical (unpaired) electrons. The summed E-state index contributed by atoms with van der Waals surface area (Å²) in [5.41, 5.74) is 4.02. The first-order chi connectivity index (χ1) is 18.7. The van der Waals surface area contributed by atoms with Gasteiger partial charge in [-0.3, -0.25) is 14.6 Å². The van der Waals surface area contributed by atoms with Crippen molar-refractivity contribution in [2.45, 2.75) is 39.0 Å². The van der Waals surface area contributed by atoms with Crippen molar-refractivity contribution in [2.24, 2.45) is 16.8 Å². The molecule has 2 aromatic rings. The van der Waals surface area contributed by atoms with Crippen molar-refractivity contribution in [1.29, 1.82) is 0 Å². The van der Waals surface area contributed by atoms with Crippen LogP contribution in [0.2, 0.25) is 0 Å². The minimum absolute atomic E-state index is 0.148. The van der Waals surface area contributed by atoms with E-state index in [4.69, 9.17) is 19.2 Å². The van der Waals surface area contributed by atoms with Crippen LogP contribution in [0.4, 0.5) is 5.69 Å². The fourth-order valence-electron chi connectivity index (χ4n) is 5.76. The molecule has 206 valence electrons. The quantitative estimate of drug-likeness (QED) is 0.360. The summed E-state index contributed by atoms with van der Waals surface area (Å²) in [7, 11) is 5.46. The summed E-state index contributed by atoms with van der Waals surface area (Å²) < 4.78 is 16.4. The predicted molar refractivity (Wildman–Crippen MR) is 149 cm³/mol. The van der Waals surface area contributed by atoms with E-state index in [1.54, 1.807) is 27.9 Å². The second kappa shape index (κ2) is 11.8. The molecular formula is C31H36N2O6. The Hall–Kier alpha value is -3.94. The number of nitrogens with zero attached hydrogens (tertiary/aromatic N) is 2. The van der Waals surface area contributed by atoms with Crippen LogP contribution >= 0.6 is 0 Å². The molecule has 0 aromatic heterocycles.